The quantitative estimate of drug-likeness (QED) is 0.825. The third kappa shape index (κ3) is 2.31. The minimum atomic E-state index is 0.0204. The molecule has 2 heterocycles. The zero-order valence-corrected chi connectivity index (χ0v) is 11.4. The van der Waals surface area contributed by atoms with Crippen LogP contribution in [0.1, 0.15) is 6.42 Å². The van der Waals surface area contributed by atoms with Crippen molar-refractivity contribution in [1.29, 1.82) is 0 Å². The van der Waals surface area contributed by atoms with Gasteiger partial charge in [0.25, 0.3) is 0 Å². The van der Waals surface area contributed by atoms with Gasteiger partial charge in [0.15, 0.2) is 0 Å². The molecular formula is C11H10ClN5OS. The lowest BCUT2D eigenvalue weighted by molar-refractivity contribution is -0.117. The number of carbonyl (C=O) groups excluding carboxylic acids is 1. The smallest absolute Gasteiger partial charge is 0.228 e. The molecule has 0 saturated carbocycles. The molecule has 1 atom stereocenters. The van der Waals surface area contributed by atoms with Gasteiger partial charge in [-0.05, 0) is 23.4 Å². The van der Waals surface area contributed by atoms with Gasteiger partial charge in [0.05, 0.1) is 5.69 Å². The lowest BCUT2D eigenvalue weighted by Crippen LogP contribution is -2.25. The summed E-state index contributed by atoms with van der Waals surface area (Å²) in [5, 5.41) is 14.4. The van der Waals surface area contributed by atoms with Crippen molar-refractivity contribution in [2.75, 3.05) is 11.4 Å². The fourth-order valence-corrected chi connectivity index (χ4v) is 2.60. The molecule has 0 spiro atoms. The highest BCUT2D eigenvalue weighted by molar-refractivity contribution is 7.81. The van der Waals surface area contributed by atoms with Crippen LogP contribution < -0.4 is 4.90 Å². The van der Waals surface area contributed by atoms with Crippen LogP contribution in [0.5, 0.6) is 0 Å². The molecule has 19 heavy (non-hydrogen) atoms. The van der Waals surface area contributed by atoms with Gasteiger partial charge in [0.2, 0.25) is 11.7 Å². The van der Waals surface area contributed by atoms with Crippen molar-refractivity contribution in [1.82, 2.24) is 20.6 Å². The minimum absolute atomic E-state index is 0.0204. The van der Waals surface area contributed by atoms with Gasteiger partial charge in [-0.3, -0.25) is 4.79 Å². The average molecular weight is 296 g/mol. The summed E-state index contributed by atoms with van der Waals surface area (Å²) in [6, 6.07) is 5.24. The van der Waals surface area contributed by atoms with Crippen molar-refractivity contribution < 1.29 is 4.79 Å². The van der Waals surface area contributed by atoms with Crippen LogP contribution in [0.3, 0.4) is 0 Å². The number of hydrogen-bond donors (Lipinski definition) is 2. The van der Waals surface area contributed by atoms with Crippen molar-refractivity contribution in [2.24, 2.45) is 0 Å². The molecule has 0 bridgehead atoms. The zero-order valence-electron chi connectivity index (χ0n) is 9.75. The minimum Gasteiger partial charge on any atom is -0.310 e. The average Bonchev–Trinajstić information content (AvgIpc) is 2.99. The Labute approximate surface area is 119 Å². The van der Waals surface area contributed by atoms with Crippen LogP contribution in [0.2, 0.25) is 5.02 Å². The Morgan fingerprint density at radius 2 is 2.32 bits per heavy atom. The number of nitrogens with one attached hydrogen (secondary N) is 1. The maximum Gasteiger partial charge on any atom is 0.228 e. The number of thiol groups is 1. The molecule has 1 saturated heterocycles. The third-order valence-electron chi connectivity index (χ3n) is 2.94. The number of rotatable bonds is 2. The van der Waals surface area contributed by atoms with Crippen LogP contribution in [-0.2, 0) is 4.79 Å². The Balaban J connectivity index is 2.09. The molecule has 1 aliphatic rings. The van der Waals surface area contributed by atoms with E-state index >= 15 is 0 Å². The van der Waals surface area contributed by atoms with Gasteiger partial charge in [0.1, 0.15) is 0 Å². The SMILES string of the molecule is O=C1CC(S)CN1c1cc(Cl)ccc1-c1nn[nH]n1. The molecule has 1 aromatic heterocycles. The molecule has 0 aliphatic carbocycles. The molecule has 1 unspecified atom stereocenters. The summed E-state index contributed by atoms with van der Waals surface area (Å²) < 4.78 is 0. The van der Waals surface area contributed by atoms with Gasteiger partial charge in [-0.25, -0.2) is 0 Å². The number of tetrazole rings is 1. The number of carbonyl (C=O) groups is 1. The summed E-state index contributed by atoms with van der Waals surface area (Å²) in [7, 11) is 0. The van der Waals surface area contributed by atoms with E-state index in [1.165, 1.54) is 0 Å². The second-order valence-corrected chi connectivity index (χ2v) is 5.43. The highest BCUT2D eigenvalue weighted by Gasteiger charge is 2.30. The lowest BCUT2D eigenvalue weighted by atomic mass is 10.1. The molecule has 1 fully saturated rings. The van der Waals surface area contributed by atoms with Gasteiger partial charge in [-0.15, -0.1) is 10.2 Å². The summed E-state index contributed by atoms with van der Waals surface area (Å²) in [6.45, 7) is 0.549. The second-order valence-electron chi connectivity index (χ2n) is 4.26. The van der Waals surface area contributed by atoms with Crippen LogP contribution in [0.4, 0.5) is 5.69 Å². The number of hydrogen-bond acceptors (Lipinski definition) is 5. The first-order chi connectivity index (χ1) is 9.15. The van der Waals surface area contributed by atoms with Crippen molar-refractivity contribution in [3.05, 3.63) is 23.2 Å². The molecular weight excluding hydrogens is 286 g/mol. The van der Waals surface area contributed by atoms with E-state index in [9.17, 15) is 4.79 Å². The van der Waals surface area contributed by atoms with Crippen LogP contribution in [0, 0.1) is 0 Å². The molecule has 0 radical (unpaired) electrons. The molecule has 2 aromatic rings. The van der Waals surface area contributed by atoms with E-state index in [0.717, 1.165) is 0 Å². The maximum absolute atomic E-state index is 12.0. The van der Waals surface area contributed by atoms with Gasteiger partial charge >= 0.3 is 0 Å². The van der Waals surface area contributed by atoms with Crippen molar-refractivity contribution in [3.63, 3.8) is 0 Å². The summed E-state index contributed by atoms with van der Waals surface area (Å²) >= 11 is 10.4. The molecule has 1 aromatic carbocycles. The Morgan fingerprint density at radius 3 is 2.95 bits per heavy atom. The van der Waals surface area contributed by atoms with Crippen LogP contribution in [0.25, 0.3) is 11.4 Å². The van der Waals surface area contributed by atoms with Crippen LogP contribution in [-0.4, -0.2) is 38.3 Å². The van der Waals surface area contributed by atoms with E-state index in [-0.39, 0.29) is 11.2 Å². The molecule has 1 amide bonds. The monoisotopic (exact) mass is 295 g/mol. The fourth-order valence-electron chi connectivity index (χ4n) is 2.11. The number of anilines is 1. The predicted molar refractivity (Wildman–Crippen MR) is 74.4 cm³/mol. The molecule has 3 rings (SSSR count). The molecule has 6 nitrogen and oxygen atoms in total. The highest BCUT2D eigenvalue weighted by atomic mass is 35.5. The summed E-state index contributed by atoms with van der Waals surface area (Å²) in [6.07, 6.45) is 0.418. The van der Waals surface area contributed by atoms with Gasteiger partial charge in [0, 0.05) is 28.8 Å². The van der Waals surface area contributed by atoms with E-state index in [0.29, 0.717) is 35.1 Å². The predicted octanol–water partition coefficient (Wildman–Crippen LogP) is 1.56. The maximum atomic E-state index is 12.0. The highest BCUT2D eigenvalue weighted by Crippen LogP contribution is 2.34. The molecule has 1 aliphatic heterocycles. The summed E-state index contributed by atoms with van der Waals surface area (Å²) in [4.78, 5) is 13.6. The first-order valence-corrected chi connectivity index (χ1v) is 6.56. The van der Waals surface area contributed by atoms with Gasteiger partial charge < -0.3 is 4.90 Å². The second kappa shape index (κ2) is 4.82. The first kappa shape index (κ1) is 12.4. The Hall–Kier alpha value is -1.60. The largest absolute Gasteiger partial charge is 0.310 e. The van der Waals surface area contributed by atoms with Crippen molar-refractivity contribution in [2.45, 2.75) is 11.7 Å². The van der Waals surface area contributed by atoms with E-state index in [1.807, 2.05) is 0 Å². The number of aromatic amines is 1. The van der Waals surface area contributed by atoms with Crippen LogP contribution in [0.15, 0.2) is 18.2 Å². The van der Waals surface area contributed by atoms with Gasteiger partial charge in [-0.1, -0.05) is 11.6 Å². The normalized spacial score (nSPS) is 19.2. The van der Waals surface area contributed by atoms with Crippen molar-refractivity contribution in [3.8, 4) is 11.4 Å². The fraction of sp³-hybridized carbons (Fsp3) is 0.273. The Morgan fingerprint density at radius 1 is 1.47 bits per heavy atom. The van der Waals surface area contributed by atoms with Crippen molar-refractivity contribution >= 4 is 35.8 Å². The van der Waals surface area contributed by atoms with E-state index < -0.39 is 0 Å². The summed E-state index contributed by atoms with van der Waals surface area (Å²) in [5.74, 6) is 0.453. The van der Waals surface area contributed by atoms with E-state index in [4.69, 9.17) is 11.6 Å². The summed E-state index contributed by atoms with van der Waals surface area (Å²) in [5.41, 5.74) is 1.41. The zero-order chi connectivity index (χ0) is 13.4. The molecule has 98 valence electrons. The third-order valence-corrected chi connectivity index (χ3v) is 3.52. The molecule has 8 heteroatoms. The standard InChI is InChI=1S/C11H10ClN5OS/c12-6-1-2-8(11-13-15-16-14-11)9(3-6)17-5-7(19)4-10(17)18/h1-3,7,19H,4-5H2,(H,13,14,15,16). The first-order valence-electron chi connectivity index (χ1n) is 5.67. The molecule has 1 N–H and O–H groups in total. The number of benzene rings is 1. The number of amides is 1. The van der Waals surface area contributed by atoms with E-state index in [2.05, 4.69) is 33.3 Å². The van der Waals surface area contributed by atoms with E-state index in [1.54, 1.807) is 23.1 Å². The number of nitrogens with zero attached hydrogens (tertiary/aromatic N) is 4. The number of halogens is 1. The Bertz CT molecular complexity index is 618. The topological polar surface area (TPSA) is 74.8 Å². The van der Waals surface area contributed by atoms with Gasteiger partial charge in [-0.2, -0.15) is 17.8 Å². The number of H-pyrrole nitrogens is 1. The Kier molecular flexibility index (Phi) is 3.16. The number of aromatic nitrogens is 4. The lowest BCUT2D eigenvalue weighted by Gasteiger charge is -2.19. The van der Waals surface area contributed by atoms with Crippen LogP contribution >= 0.6 is 24.2 Å².